The Morgan fingerprint density at radius 2 is 2.35 bits per heavy atom. The van der Waals surface area contributed by atoms with Crippen molar-refractivity contribution in [2.75, 3.05) is 6.61 Å². The van der Waals surface area contributed by atoms with E-state index in [0.717, 1.165) is 15.7 Å². The molecule has 0 fully saturated rings. The van der Waals surface area contributed by atoms with E-state index in [1.165, 1.54) is 6.21 Å². The zero-order valence-corrected chi connectivity index (χ0v) is 12.5. The van der Waals surface area contributed by atoms with Crippen LogP contribution in [0.1, 0.15) is 11.3 Å². The van der Waals surface area contributed by atoms with Crippen molar-refractivity contribution in [2.45, 2.75) is 6.92 Å². The molecule has 0 aliphatic carbocycles. The normalized spacial score (nSPS) is 10.7. The van der Waals surface area contributed by atoms with Crippen molar-refractivity contribution in [3.05, 3.63) is 52.3 Å². The molecule has 1 aromatic carbocycles. The first-order valence-electron chi connectivity index (χ1n) is 5.99. The number of ether oxygens (including phenoxy) is 1. The highest BCUT2D eigenvalue weighted by Gasteiger charge is 2.04. The first-order valence-corrected chi connectivity index (χ1v) is 6.78. The summed E-state index contributed by atoms with van der Waals surface area (Å²) in [4.78, 5) is 14.5. The average Bonchev–Trinajstić information content (AvgIpc) is 2.91. The van der Waals surface area contributed by atoms with Crippen molar-refractivity contribution in [2.24, 2.45) is 5.10 Å². The Hall–Kier alpha value is -2.08. The summed E-state index contributed by atoms with van der Waals surface area (Å²) >= 11 is 3.37. The molecule has 5 nitrogen and oxygen atoms in total. The molecule has 0 atom stereocenters. The number of rotatable bonds is 5. The van der Waals surface area contributed by atoms with Crippen LogP contribution in [-0.2, 0) is 4.79 Å². The monoisotopic (exact) mass is 335 g/mol. The third-order valence-corrected chi connectivity index (χ3v) is 3.00. The highest BCUT2D eigenvalue weighted by Crippen LogP contribution is 2.21. The molecule has 0 aliphatic rings. The van der Waals surface area contributed by atoms with Crippen molar-refractivity contribution in [3.8, 4) is 5.75 Å². The molecule has 1 heterocycles. The fourth-order valence-corrected chi connectivity index (χ4v) is 2.02. The van der Waals surface area contributed by atoms with Gasteiger partial charge in [-0.1, -0.05) is 15.9 Å². The number of hydrazone groups is 1. The summed E-state index contributed by atoms with van der Waals surface area (Å²) in [5, 5.41) is 3.82. The lowest BCUT2D eigenvalue weighted by molar-refractivity contribution is -0.123. The fourth-order valence-electron chi connectivity index (χ4n) is 1.55. The van der Waals surface area contributed by atoms with Gasteiger partial charge in [0.15, 0.2) is 6.61 Å². The van der Waals surface area contributed by atoms with Crippen molar-refractivity contribution in [1.82, 2.24) is 10.4 Å². The van der Waals surface area contributed by atoms with E-state index in [0.29, 0.717) is 5.75 Å². The Bertz CT molecular complexity index is 609. The summed E-state index contributed by atoms with van der Waals surface area (Å²) < 4.78 is 6.40. The van der Waals surface area contributed by atoms with E-state index < -0.39 is 0 Å². The van der Waals surface area contributed by atoms with Crippen molar-refractivity contribution in [3.63, 3.8) is 0 Å². The molecule has 0 radical (unpaired) electrons. The van der Waals surface area contributed by atoms with E-state index in [1.54, 1.807) is 6.20 Å². The molecule has 1 amide bonds. The Kier molecular flexibility index (Phi) is 4.95. The maximum Gasteiger partial charge on any atom is 0.277 e. The maximum atomic E-state index is 11.6. The molecule has 0 saturated heterocycles. The maximum absolute atomic E-state index is 11.6. The van der Waals surface area contributed by atoms with Crippen molar-refractivity contribution >= 4 is 28.1 Å². The number of benzene rings is 1. The van der Waals surface area contributed by atoms with E-state index in [-0.39, 0.29) is 12.5 Å². The van der Waals surface area contributed by atoms with Crippen molar-refractivity contribution < 1.29 is 9.53 Å². The SMILES string of the molecule is Cc1cc(Br)ccc1OCC(=O)N/N=C/c1ccc[nH]1. The van der Waals surface area contributed by atoms with Gasteiger partial charge in [-0.2, -0.15) is 5.10 Å². The van der Waals surface area contributed by atoms with Gasteiger partial charge in [-0.3, -0.25) is 4.79 Å². The number of carbonyl (C=O) groups is 1. The van der Waals surface area contributed by atoms with Crippen LogP contribution in [0.25, 0.3) is 0 Å². The third kappa shape index (κ3) is 4.24. The summed E-state index contributed by atoms with van der Waals surface area (Å²) in [5.74, 6) is 0.367. The highest BCUT2D eigenvalue weighted by atomic mass is 79.9. The van der Waals surface area contributed by atoms with Gasteiger partial charge in [-0.15, -0.1) is 0 Å². The minimum atomic E-state index is -0.310. The number of amides is 1. The van der Waals surface area contributed by atoms with Crippen LogP contribution < -0.4 is 10.2 Å². The van der Waals surface area contributed by atoms with Crippen LogP contribution in [0.5, 0.6) is 5.75 Å². The van der Waals surface area contributed by atoms with Gasteiger partial charge < -0.3 is 9.72 Å². The zero-order chi connectivity index (χ0) is 14.4. The Morgan fingerprint density at radius 3 is 3.05 bits per heavy atom. The number of nitrogens with one attached hydrogen (secondary N) is 2. The standard InChI is InChI=1S/C14H14BrN3O2/c1-10-7-11(15)4-5-13(10)20-9-14(19)18-17-8-12-3-2-6-16-12/h2-8,16H,9H2,1H3,(H,18,19)/b17-8+. The molecular weight excluding hydrogens is 322 g/mol. The Balaban J connectivity index is 1.80. The zero-order valence-electron chi connectivity index (χ0n) is 10.9. The molecule has 0 spiro atoms. The number of aryl methyl sites for hydroxylation is 1. The average molecular weight is 336 g/mol. The predicted octanol–water partition coefficient (Wildman–Crippen LogP) is 2.61. The van der Waals surface area contributed by atoms with E-state index >= 15 is 0 Å². The topological polar surface area (TPSA) is 66.5 Å². The number of halogens is 1. The fraction of sp³-hybridized carbons (Fsp3) is 0.143. The van der Waals surface area contributed by atoms with Crippen LogP contribution in [0.2, 0.25) is 0 Å². The van der Waals surface area contributed by atoms with E-state index in [4.69, 9.17) is 4.74 Å². The second kappa shape index (κ2) is 6.91. The summed E-state index contributed by atoms with van der Waals surface area (Å²) in [6.45, 7) is 1.84. The quantitative estimate of drug-likeness (QED) is 0.651. The summed E-state index contributed by atoms with van der Waals surface area (Å²) in [6, 6.07) is 9.30. The lowest BCUT2D eigenvalue weighted by Gasteiger charge is -2.08. The van der Waals surface area contributed by atoms with E-state index in [2.05, 4.69) is 31.4 Å². The van der Waals surface area contributed by atoms with Gasteiger partial charge in [0.2, 0.25) is 0 Å². The lowest BCUT2D eigenvalue weighted by Crippen LogP contribution is -2.24. The number of hydrogen-bond donors (Lipinski definition) is 2. The Morgan fingerprint density at radius 1 is 1.50 bits per heavy atom. The minimum absolute atomic E-state index is 0.0788. The van der Waals surface area contributed by atoms with Crippen LogP contribution in [0.15, 0.2) is 46.1 Å². The summed E-state index contributed by atoms with van der Waals surface area (Å²) in [7, 11) is 0. The second-order valence-electron chi connectivity index (χ2n) is 4.12. The van der Waals surface area contributed by atoms with Gasteiger partial charge in [-0.05, 0) is 42.8 Å². The second-order valence-corrected chi connectivity index (χ2v) is 5.03. The molecule has 20 heavy (non-hydrogen) atoms. The summed E-state index contributed by atoms with van der Waals surface area (Å²) in [5.41, 5.74) is 4.17. The number of H-pyrrole nitrogens is 1. The largest absolute Gasteiger partial charge is 0.483 e. The first kappa shape index (κ1) is 14.3. The lowest BCUT2D eigenvalue weighted by atomic mass is 10.2. The molecule has 0 bridgehead atoms. The minimum Gasteiger partial charge on any atom is -0.483 e. The molecule has 2 N–H and O–H groups in total. The van der Waals surface area contributed by atoms with Crippen LogP contribution in [0.4, 0.5) is 0 Å². The van der Waals surface area contributed by atoms with Gasteiger partial charge in [0.25, 0.3) is 5.91 Å². The summed E-state index contributed by atoms with van der Waals surface area (Å²) in [6.07, 6.45) is 3.31. The molecule has 1 aromatic heterocycles. The van der Waals surface area contributed by atoms with Gasteiger partial charge in [0, 0.05) is 10.7 Å². The van der Waals surface area contributed by atoms with Crippen LogP contribution >= 0.6 is 15.9 Å². The van der Waals surface area contributed by atoms with Crippen LogP contribution in [-0.4, -0.2) is 23.7 Å². The molecule has 0 saturated carbocycles. The predicted molar refractivity (Wildman–Crippen MR) is 80.9 cm³/mol. The van der Waals surface area contributed by atoms with Gasteiger partial charge >= 0.3 is 0 Å². The number of nitrogens with zero attached hydrogens (tertiary/aromatic N) is 1. The van der Waals surface area contributed by atoms with Gasteiger partial charge in [-0.25, -0.2) is 5.43 Å². The molecule has 2 aromatic rings. The molecule has 0 aliphatic heterocycles. The number of aromatic nitrogens is 1. The number of aromatic amines is 1. The molecule has 0 unspecified atom stereocenters. The smallest absolute Gasteiger partial charge is 0.277 e. The van der Waals surface area contributed by atoms with Crippen LogP contribution in [0, 0.1) is 6.92 Å². The Labute approximate surface area is 125 Å². The number of carbonyl (C=O) groups excluding carboxylic acids is 1. The van der Waals surface area contributed by atoms with Crippen LogP contribution in [0.3, 0.4) is 0 Å². The third-order valence-electron chi connectivity index (χ3n) is 2.51. The highest BCUT2D eigenvalue weighted by molar-refractivity contribution is 9.10. The first-order chi connectivity index (χ1) is 9.65. The van der Waals surface area contributed by atoms with Gasteiger partial charge in [0.1, 0.15) is 5.75 Å². The van der Waals surface area contributed by atoms with Gasteiger partial charge in [0.05, 0.1) is 11.9 Å². The molecule has 6 heteroatoms. The molecular formula is C14H14BrN3O2. The van der Waals surface area contributed by atoms with E-state index in [9.17, 15) is 4.79 Å². The van der Waals surface area contributed by atoms with E-state index in [1.807, 2.05) is 37.3 Å². The molecule has 104 valence electrons. The number of hydrogen-bond acceptors (Lipinski definition) is 3. The van der Waals surface area contributed by atoms with Crippen molar-refractivity contribution in [1.29, 1.82) is 0 Å². The molecule has 2 rings (SSSR count).